The van der Waals surface area contributed by atoms with Crippen molar-refractivity contribution in [2.45, 2.75) is 66.3 Å². The minimum atomic E-state index is -0.851. The predicted molar refractivity (Wildman–Crippen MR) is 182 cm³/mol. The zero-order valence-corrected chi connectivity index (χ0v) is 29.4. The van der Waals surface area contributed by atoms with Crippen LogP contribution in [0, 0.1) is 23.7 Å². The number of esters is 1. The minimum Gasteiger partial charge on any atom is -0.493 e. The van der Waals surface area contributed by atoms with E-state index in [1.807, 2.05) is 76.2 Å². The summed E-state index contributed by atoms with van der Waals surface area (Å²) in [5.41, 5.74) is 1.81. The summed E-state index contributed by atoms with van der Waals surface area (Å²) in [4.78, 5) is 55.1. The molecule has 1 fully saturated rings. The van der Waals surface area contributed by atoms with Crippen LogP contribution in [0.5, 0.6) is 11.5 Å². The lowest BCUT2D eigenvalue weighted by atomic mass is 9.84. The molecule has 2 aromatic carbocycles. The number of rotatable bonds is 19. The number of cyclic esters (lactones) is 1. The Kier molecular flexibility index (Phi) is 15.1. The minimum absolute atomic E-state index is 0.0519. The van der Waals surface area contributed by atoms with Crippen LogP contribution in [0.25, 0.3) is 0 Å². The molecule has 10 heteroatoms. The highest BCUT2D eigenvalue weighted by molar-refractivity contribution is 6.18. The maximum absolute atomic E-state index is 14.0. The van der Waals surface area contributed by atoms with E-state index >= 15 is 0 Å². The van der Waals surface area contributed by atoms with Crippen LogP contribution in [0.1, 0.15) is 58.6 Å². The smallest absolute Gasteiger partial charge is 0.416 e. The summed E-state index contributed by atoms with van der Waals surface area (Å²) in [6.07, 6.45) is 2.38. The number of carbonyl (C=O) groups excluding carboxylic acids is 4. The third-order valence-corrected chi connectivity index (χ3v) is 8.52. The number of hydrogen-bond donors (Lipinski definition) is 0. The highest BCUT2D eigenvalue weighted by Gasteiger charge is 2.42. The summed E-state index contributed by atoms with van der Waals surface area (Å²) in [7, 11) is 3.22. The van der Waals surface area contributed by atoms with E-state index in [4.69, 9.17) is 23.7 Å². The Morgan fingerprint density at radius 2 is 1.69 bits per heavy atom. The van der Waals surface area contributed by atoms with Crippen LogP contribution in [-0.4, -0.2) is 75.3 Å². The second-order valence-corrected chi connectivity index (χ2v) is 12.7. The Labute approximate surface area is 284 Å². The van der Waals surface area contributed by atoms with Crippen molar-refractivity contribution in [1.29, 1.82) is 0 Å². The Hall–Kier alpha value is -4.18. The van der Waals surface area contributed by atoms with Crippen LogP contribution >= 0.6 is 0 Å². The van der Waals surface area contributed by atoms with Gasteiger partial charge in [0.25, 0.3) is 0 Å². The van der Waals surface area contributed by atoms with Crippen LogP contribution < -0.4 is 9.47 Å². The molecule has 262 valence electrons. The third-order valence-electron chi connectivity index (χ3n) is 8.52. The first-order valence-corrected chi connectivity index (χ1v) is 16.7. The maximum Gasteiger partial charge on any atom is 0.416 e. The first-order chi connectivity index (χ1) is 23.0. The molecule has 10 nitrogen and oxygen atoms in total. The summed E-state index contributed by atoms with van der Waals surface area (Å²) in [5.74, 6) is -1.83. The summed E-state index contributed by atoms with van der Waals surface area (Å²) in [6.45, 7) is 10.6. The van der Waals surface area contributed by atoms with Gasteiger partial charge in [-0.1, -0.05) is 70.2 Å². The summed E-state index contributed by atoms with van der Waals surface area (Å²) in [5, 5.41) is 0. The van der Waals surface area contributed by atoms with Crippen LogP contribution in [0.3, 0.4) is 0 Å². The molecule has 1 aliphatic heterocycles. The molecule has 48 heavy (non-hydrogen) atoms. The van der Waals surface area contributed by atoms with E-state index in [0.29, 0.717) is 37.6 Å². The van der Waals surface area contributed by atoms with Gasteiger partial charge in [-0.25, -0.2) is 14.5 Å². The lowest BCUT2D eigenvalue weighted by molar-refractivity contribution is -0.142. The zero-order chi connectivity index (χ0) is 35.2. The van der Waals surface area contributed by atoms with Crippen LogP contribution in [0.15, 0.2) is 60.2 Å². The normalized spacial score (nSPS) is 16.1. The van der Waals surface area contributed by atoms with E-state index < -0.39 is 35.7 Å². The molecule has 2 amide bonds. The number of ketones is 1. The van der Waals surface area contributed by atoms with Gasteiger partial charge in [-0.05, 0) is 60.8 Å². The van der Waals surface area contributed by atoms with Crippen molar-refractivity contribution in [3.8, 4) is 11.5 Å². The zero-order valence-electron chi connectivity index (χ0n) is 29.4. The lowest BCUT2D eigenvalue weighted by Gasteiger charge is -2.27. The van der Waals surface area contributed by atoms with Gasteiger partial charge in [-0.15, -0.1) is 0 Å². The molecule has 1 saturated heterocycles. The van der Waals surface area contributed by atoms with E-state index in [1.165, 1.54) is 0 Å². The molecule has 0 spiro atoms. The van der Waals surface area contributed by atoms with Crippen molar-refractivity contribution in [3.05, 3.63) is 71.3 Å². The van der Waals surface area contributed by atoms with Crippen molar-refractivity contribution in [2.75, 3.05) is 40.6 Å². The van der Waals surface area contributed by atoms with Gasteiger partial charge in [0.15, 0.2) is 17.3 Å². The van der Waals surface area contributed by atoms with Gasteiger partial charge >= 0.3 is 12.1 Å². The maximum atomic E-state index is 14.0. The van der Waals surface area contributed by atoms with Crippen molar-refractivity contribution in [3.63, 3.8) is 0 Å². The van der Waals surface area contributed by atoms with Crippen molar-refractivity contribution in [1.82, 2.24) is 4.90 Å². The molecule has 3 atom stereocenters. The molecule has 0 bridgehead atoms. The topological polar surface area (TPSA) is 118 Å². The number of benzene rings is 2. The summed E-state index contributed by atoms with van der Waals surface area (Å²) < 4.78 is 27.2. The molecule has 0 N–H and O–H groups in total. The molecule has 2 aromatic rings. The molecule has 0 aliphatic carbocycles. The fourth-order valence-corrected chi connectivity index (χ4v) is 5.67. The molecular weight excluding hydrogens is 614 g/mol. The highest BCUT2D eigenvalue weighted by Crippen LogP contribution is 2.32. The van der Waals surface area contributed by atoms with Crippen LogP contribution in [0.4, 0.5) is 4.79 Å². The van der Waals surface area contributed by atoms with Gasteiger partial charge < -0.3 is 23.7 Å². The molecule has 0 radical (unpaired) electrons. The Bertz CT molecular complexity index is 1400. The number of carbonyl (C=O) groups is 4. The molecular formula is C38H51NO9. The van der Waals surface area contributed by atoms with Gasteiger partial charge in [-0.3, -0.25) is 9.59 Å². The van der Waals surface area contributed by atoms with Gasteiger partial charge in [0, 0.05) is 32.5 Å². The third kappa shape index (κ3) is 10.7. The van der Waals surface area contributed by atoms with E-state index in [1.54, 1.807) is 27.2 Å². The van der Waals surface area contributed by atoms with Crippen LogP contribution in [-0.2, 0) is 41.4 Å². The molecule has 3 rings (SSSR count). The Morgan fingerprint density at radius 1 is 0.958 bits per heavy atom. The number of allylic oxidation sites excluding steroid dienone is 1. The van der Waals surface area contributed by atoms with Gasteiger partial charge in [0.05, 0.1) is 31.9 Å². The van der Waals surface area contributed by atoms with E-state index in [-0.39, 0.29) is 43.0 Å². The fraction of sp³-hybridized carbons (Fsp3) is 0.526. The van der Waals surface area contributed by atoms with Gasteiger partial charge in [0.1, 0.15) is 6.61 Å². The fourth-order valence-electron chi connectivity index (χ4n) is 5.67. The predicted octanol–water partition coefficient (Wildman–Crippen LogP) is 6.24. The quantitative estimate of drug-likeness (QED) is 0.0565. The number of amides is 2. The van der Waals surface area contributed by atoms with Crippen molar-refractivity contribution in [2.24, 2.45) is 23.7 Å². The largest absolute Gasteiger partial charge is 0.493 e. The van der Waals surface area contributed by atoms with Gasteiger partial charge in [0.2, 0.25) is 5.91 Å². The monoisotopic (exact) mass is 665 g/mol. The number of imide groups is 1. The van der Waals surface area contributed by atoms with E-state index in [2.05, 4.69) is 0 Å². The standard InChI is InChI=1S/C38H51NO9/c1-8-46-37(42)32(22-29(25(2)3)19-28-15-16-34(45-7)35(21-28)47-18-12-17-44-6)33(40)23-31(26(4)5)36(41)39-30(24-48-38(39)43)20-27-13-10-9-11-14-27/h9-11,13-16,21-22,25-26,29-31H,8,12,17-20,23-24H2,1-7H3/t29-,30-,31-/m0/s1. The van der Waals surface area contributed by atoms with E-state index in [0.717, 1.165) is 22.4 Å². The molecule has 1 aliphatic rings. The lowest BCUT2D eigenvalue weighted by Crippen LogP contribution is -2.45. The number of nitrogens with zero attached hydrogens (tertiary/aromatic N) is 1. The summed E-state index contributed by atoms with van der Waals surface area (Å²) in [6, 6.07) is 14.7. The SMILES string of the molecule is CCOC(=O)C(=C[C@H](Cc1ccc(OC)c(OCCCOC)c1)C(C)C)C(=O)C[C@H](C(=O)N1C(=O)OC[C@@H]1Cc1ccccc1)C(C)C. The van der Waals surface area contributed by atoms with E-state index in [9.17, 15) is 19.2 Å². The molecule has 0 saturated carbocycles. The highest BCUT2D eigenvalue weighted by atomic mass is 16.6. The second-order valence-electron chi connectivity index (χ2n) is 12.7. The Balaban J connectivity index is 1.87. The molecule has 0 unspecified atom stereocenters. The average Bonchev–Trinajstić information content (AvgIpc) is 3.42. The molecule has 0 aromatic heterocycles. The van der Waals surface area contributed by atoms with Crippen molar-refractivity contribution < 1.29 is 42.9 Å². The van der Waals surface area contributed by atoms with Gasteiger partial charge in [-0.2, -0.15) is 0 Å². The first kappa shape index (κ1) is 38.3. The van der Waals surface area contributed by atoms with Crippen molar-refractivity contribution >= 4 is 23.8 Å². The number of methoxy groups -OCH3 is 2. The number of hydrogen-bond acceptors (Lipinski definition) is 9. The average molecular weight is 666 g/mol. The Morgan fingerprint density at radius 3 is 2.31 bits per heavy atom. The molecule has 1 heterocycles. The first-order valence-electron chi connectivity index (χ1n) is 16.7. The number of Topliss-reactive ketones (excluding diaryl/α,β-unsaturated/α-hetero) is 1. The summed E-state index contributed by atoms with van der Waals surface area (Å²) >= 11 is 0. The second kappa shape index (κ2) is 19.0. The van der Waals surface area contributed by atoms with Crippen LogP contribution in [0.2, 0.25) is 0 Å². The number of ether oxygens (including phenoxy) is 5.